The molecule has 26 heavy (non-hydrogen) atoms. The van der Waals surface area contributed by atoms with Crippen LogP contribution in [0.1, 0.15) is 23.0 Å². The maximum Gasteiger partial charge on any atom is 0.325 e. The number of aryl methyl sites for hydroxylation is 2. The first-order valence-corrected chi connectivity index (χ1v) is 7.94. The maximum atomic E-state index is 12.9. The Balaban J connectivity index is 1.78. The van der Waals surface area contributed by atoms with Crippen molar-refractivity contribution >= 4 is 5.97 Å². The molecule has 0 bridgehead atoms. The third-order valence-corrected chi connectivity index (χ3v) is 3.65. The molecular formula is C17H18FN5O3. The van der Waals surface area contributed by atoms with E-state index in [1.165, 1.54) is 28.9 Å². The molecule has 0 fully saturated rings. The van der Waals surface area contributed by atoms with Crippen molar-refractivity contribution in [3.63, 3.8) is 0 Å². The number of ether oxygens (including phenoxy) is 1. The Kier molecular flexibility index (Phi) is 4.97. The summed E-state index contributed by atoms with van der Waals surface area (Å²) in [4.78, 5) is 15.5. The lowest BCUT2D eigenvalue weighted by molar-refractivity contribution is -0.137. The topological polar surface area (TPSA) is 95.1 Å². The Morgan fingerprint density at radius 1 is 1.19 bits per heavy atom. The number of carboxylic acids is 1. The zero-order chi connectivity index (χ0) is 18.7. The van der Waals surface area contributed by atoms with E-state index in [1.807, 2.05) is 19.9 Å². The number of nitrogens with zero attached hydrogens (tertiary/aromatic N) is 5. The summed E-state index contributed by atoms with van der Waals surface area (Å²) in [6, 6.07) is 7.51. The van der Waals surface area contributed by atoms with Crippen LogP contribution in [0, 0.1) is 19.7 Å². The van der Waals surface area contributed by atoms with Crippen molar-refractivity contribution in [1.29, 1.82) is 0 Å². The molecule has 0 saturated heterocycles. The molecule has 0 spiro atoms. The van der Waals surface area contributed by atoms with Crippen molar-refractivity contribution in [2.45, 2.75) is 33.5 Å². The number of hydrogen-bond donors (Lipinski definition) is 1. The fourth-order valence-electron chi connectivity index (χ4n) is 2.51. The number of rotatable bonds is 7. The van der Waals surface area contributed by atoms with Crippen LogP contribution in [0.5, 0.6) is 5.75 Å². The molecule has 9 heteroatoms. The number of carbonyl (C=O) groups is 1. The molecule has 0 aliphatic heterocycles. The van der Waals surface area contributed by atoms with E-state index in [9.17, 15) is 9.18 Å². The zero-order valence-electron chi connectivity index (χ0n) is 14.4. The molecule has 0 unspecified atom stereocenters. The third kappa shape index (κ3) is 4.24. The third-order valence-electron chi connectivity index (χ3n) is 3.65. The van der Waals surface area contributed by atoms with Crippen LogP contribution >= 0.6 is 0 Å². The Morgan fingerprint density at radius 3 is 2.54 bits per heavy atom. The highest BCUT2D eigenvalue weighted by atomic mass is 19.1. The molecule has 2 heterocycles. The molecule has 0 radical (unpaired) electrons. The highest BCUT2D eigenvalue weighted by Crippen LogP contribution is 2.13. The standard InChI is InChI=1S/C17H18FN5O3/c1-11-7-12(2)22(20-11)8-16-19-15(21-23(16)9-17(24)25)10-26-14-5-3-13(18)4-6-14/h3-7H,8-10H2,1-2H3,(H,24,25). The van der Waals surface area contributed by atoms with Crippen molar-refractivity contribution in [1.82, 2.24) is 24.5 Å². The van der Waals surface area contributed by atoms with Crippen LogP contribution in [-0.4, -0.2) is 35.6 Å². The van der Waals surface area contributed by atoms with Gasteiger partial charge in [-0.2, -0.15) is 10.2 Å². The van der Waals surface area contributed by atoms with Gasteiger partial charge in [-0.05, 0) is 44.2 Å². The van der Waals surface area contributed by atoms with Gasteiger partial charge in [0.25, 0.3) is 0 Å². The fourth-order valence-corrected chi connectivity index (χ4v) is 2.51. The van der Waals surface area contributed by atoms with Crippen LogP contribution in [0.3, 0.4) is 0 Å². The van der Waals surface area contributed by atoms with Gasteiger partial charge in [0.05, 0.1) is 5.69 Å². The van der Waals surface area contributed by atoms with Crippen molar-refractivity contribution in [3.05, 3.63) is 59.2 Å². The van der Waals surface area contributed by atoms with E-state index < -0.39 is 5.97 Å². The Bertz CT molecular complexity index is 917. The first kappa shape index (κ1) is 17.6. The van der Waals surface area contributed by atoms with Gasteiger partial charge >= 0.3 is 5.97 Å². The first-order chi connectivity index (χ1) is 12.4. The van der Waals surface area contributed by atoms with E-state index in [-0.39, 0.29) is 19.0 Å². The minimum atomic E-state index is -1.02. The van der Waals surface area contributed by atoms with Gasteiger partial charge in [0.15, 0.2) is 5.82 Å². The summed E-state index contributed by atoms with van der Waals surface area (Å²) in [5.41, 5.74) is 1.81. The van der Waals surface area contributed by atoms with Crippen molar-refractivity contribution < 1.29 is 19.0 Å². The molecule has 1 N–H and O–H groups in total. The molecular weight excluding hydrogens is 341 g/mol. The lowest BCUT2D eigenvalue weighted by atomic mass is 10.3. The summed E-state index contributed by atoms with van der Waals surface area (Å²) in [6.45, 7) is 3.83. The number of aliphatic carboxylic acids is 1. The summed E-state index contributed by atoms with van der Waals surface area (Å²) in [5.74, 6) is -0.0894. The number of aromatic nitrogens is 5. The smallest absolute Gasteiger partial charge is 0.325 e. The van der Waals surface area contributed by atoms with E-state index in [0.29, 0.717) is 23.9 Å². The highest BCUT2D eigenvalue weighted by Gasteiger charge is 2.15. The summed E-state index contributed by atoms with van der Waals surface area (Å²) in [5, 5.41) is 17.6. The molecule has 0 amide bonds. The average molecular weight is 359 g/mol. The van der Waals surface area contributed by atoms with Gasteiger partial charge in [0.1, 0.15) is 37.1 Å². The predicted molar refractivity (Wildman–Crippen MR) is 89.2 cm³/mol. The quantitative estimate of drug-likeness (QED) is 0.693. The van der Waals surface area contributed by atoms with Crippen molar-refractivity contribution in [2.24, 2.45) is 0 Å². The molecule has 136 valence electrons. The van der Waals surface area contributed by atoms with Gasteiger partial charge in [-0.1, -0.05) is 0 Å². The van der Waals surface area contributed by atoms with E-state index in [0.717, 1.165) is 11.4 Å². The van der Waals surface area contributed by atoms with E-state index in [4.69, 9.17) is 9.84 Å². The minimum Gasteiger partial charge on any atom is -0.486 e. The maximum absolute atomic E-state index is 12.9. The molecule has 0 aliphatic rings. The number of benzene rings is 1. The first-order valence-electron chi connectivity index (χ1n) is 7.94. The molecule has 2 aromatic heterocycles. The monoisotopic (exact) mass is 359 g/mol. The molecule has 8 nitrogen and oxygen atoms in total. The van der Waals surface area contributed by atoms with Crippen LogP contribution in [0.25, 0.3) is 0 Å². The summed E-state index contributed by atoms with van der Waals surface area (Å²) in [7, 11) is 0. The van der Waals surface area contributed by atoms with Crippen LogP contribution in [0.15, 0.2) is 30.3 Å². The van der Waals surface area contributed by atoms with Gasteiger partial charge in [0, 0.05) is 5.69 Å². The summed E-state index contributed by atoms with van der Waals surface area (Å²) in [6.07, 6.45) is 0. The average Bonchev–Trinajstić information content (AvgIpc) is 3.09. The number of carboxylic acid groups (broad SMARTS) is 1. The minimum absolute atomic E-state index is 0.0440. The van der Waals surface area contributed by atoms with Crippen LogP contribution in [-0.2, 0) is 24.5 Å². The second-order valence-corrected chi connectivity index (χ2v) is 5.82. The lowest BCUT2D eigenvalue weighted by Gasteiger charge is -2.05. The second-order valence-electron chi connectivity index (χ2n) is 5.82. The number of hydrogen-bond acceptors (Lipinski definition) is 5. The van der Waals surface area contributed by atoms with Gasteiger partial charge < -0.3 is 9.84 Å². The number of halogens is 1. The molecule has 0 atom stereocenters. The lowest BCUT2D eigenvalue weighted by Crippen LogP contribution is -2.16. The van der Waals surface area contributed by atoms with Crippen LogP contribution in [0.2, 0.25) is 0 Å². The highest BCUT2D eigenvalue weighted by molar-refractivity contribution is 5.66. The predicted octanol–water partition coefficient (Wildman–Crippen LogP) is 1.94. The second kappa shape index (κ2) is 7.34. The van der Waals surface area contributed by atoms with Crippen molar-refractivity contribution in [3.8, 4) is 5.75 Å². The molecule has 3 aromatic rings. The Hall–Kier alpha value is -3.23. The summed E-state index contributed by atoms with van der Waals surface area (Å²) >= 11 is 0. The van der Waals surface area contributed by atoms with E-state index >= 15 is 0 Å². The fraction of sp³-hybridized carbons (Fsp3) is 0.294. The van der Waals surface area contributed by atoms with Crippen LogP contribution in [0.4, 0.5) is 4.39 Å². The van der Waals surface area contributed by atoms with Gasteiger partial charge in [-0.25, -0.2) is 14.1 Å². The van der Waals surface area contributed by atoms with E-state index in [1.54, 1.807) is 4.68 Å². The normalized spacial score (nSPS) is 10.9. The van der Waals surface area contributed by atoms with Crippen LogP contribution < -0.4 is 4.74 Å². The van der Waals surface area contributed by atoms with Crippen molar-refractivity contribution in [2.75, 3.05) is 0 Å². The van der Waals surface area contributed by atoms with Gasteiger partial charge in [0.2, 0.25) is 0 Å². The van der Waals surface area contributed by atoms with Gasteiger partial charge in [-0.15, -0.1) is 0 Å². The molecule has 0 saturated carbocycles. The van der Waals surface area contributed by atoms with E-state index in [2.05, 4.69) is 15.2 Å². The SMILES string of the molecule is Cc1cc(C)n(Cc2nc(COc3ccc(F)cc3)nn2CC(=O)O)n1. The zero-order valence-corrected chi connectivity index (χ0v) is 14.4. The molecule has 3 rings (SSSR count). The Morgan fingerprint density at radius 2 is 1.92 bits per heavy atom. The molecule has 1 aromatic carbocycles. The van der Waals surface area contributed by atoms with Gasteiger partial charge in [-0.3, -0.25) is 9.48 Å². The summed E-state index contributed by atoms with van der Waals surface area (Å²) < 4.78 is 21.5. The largest absolute Gasteiger partial charge is 0.486 e. The molecule has 0 aliphatic carbocycles. The Labute approximate surface area is 148 Å².